The largest absolute Gasteiger partial charge is 0.432 e. The Kier molecular flexibility index (Phi) is 7.36. The van der Waals surface area contributed by atoms with Gasteiger partial charge in [0.25, 0.3) is 0 Å². The fraction of sp³-hybridized carbons (Fsp3) is 0.727. The maximum absolute atomic E-state index is 10.7. The summed E-state index contributed by atoms with van der Waals surface area (Å²) < 4.78 is 5.08. The molecule has 0 atom stereocenters. The van der Waals surface area contributed by atoms with Crippen LogP contribution in [0.5, 0.6) is 0 Å². The van der Waals surface area contributed by atoms with Crippen molar-refractivity contribution < 1.29 is 9.53 Å². The summed E-state index contributed by atoms with van der Waals surface area (Å²) in [6.45, 7) is 5.69. The van der Waals surface area contributed by atoms with E-state index < -0.39 is 0 Å². The standard InChI is InChI=1S/C11H20O2/c1-4-6-8-11(9-7-5-2)13-10(3)12/h8H,4-7,9H2,1-3H3/b11-8-. The van der Waals surface area contributed by atoms with Crippen LogP contribution < -0.4 is 0 Å². The molecule has 0 amide bonds. The van der Waals surface area contributed by atoms with Gasteiger partial charge >= 0.3 is 5.97 Å². The molecule has 0 fully saturated rings. The second-order valence-corrected chi connectivity index (χ2v) is 3.16. The molecule has 0 spiro atoms. The van der Waals surface area contributed by atoms with Gasteiger partial charge in [-0.3, -0.25) is 4.79 Å². The number of hydrogen-bond acceptors (Lipinski definition) is 2. The lowest BCUT2D eigenvalue weighted by Crippen LogP contribution is -1.99. The molecule has 2 heteroatoms. The molecule has 13 heavy (non-hydrogen) atoms. The minimum absolute atomic E-state index is 0.210. The van der Waals surface area contributed by atoms with Crippen LogP contribution in [0.1, 0.15) is 52.9 Å². The van der Waals surface area contributed by atoms with Crippen molar-refractivity contribution in [3.63, 3.8) is 0 Å². The van der Waals surface area contributed by atoms with Crippen molar-refractivity contribution >= 4 is 5.97 Å². The number of carbonyl (C=O) groups is 1. The summed E-state index contributed by atoms with van der Waals surface area (Å²) in [5.74, 6) is 0.634. The number of allylic oxidation sites excluding steroid dienone is 2. The molecular weight excluding hydrogens is 164 g/mol. The average molecular weight is 184 g/mol. The van der Waals surface area contributed by atoms with Gasteiger partial charge in [0, 0.05) is 13.3 Å². The first-order valence-corrected chi connectivity index (χ1v) is 5.08. The quantitative estimate of drug-likeness (QED) is 0.467. The molecule has 2 nitrogen and oxygen atoms in total. The Morgan fingerprint density at radius 2 is 2.00 bits per heavy atom. The molecule has 76 valence electrons. The predicted octanol–water partition coefficient (Wildman–Crippen LogP) is 3.42. The van der Waals surface area contributed by atoms with Crippen molar-refractivity contribution in [2.45, 2.75) is 52.9 Å². The van der Waals surface area contributed by atoms with E-state index in [0.29, 0.717) is 0 Å². The number of rotatable bonds is 6. The fourth-order valence-corrected chi connectivity index (χ4v) is 1.04. The molecule has 0 radical (unpaired) electrons. The summed E-state index contributed by atoms with van der Waals surface area (Å²) in [6, 6.07) is 0. The van der Waals surface area contributed by atoms with Crippen LogP contribution in [0.2, 0.25) is 0 Å². The van der Waals surface area contributed by atoms with Crippen LogP contribution in [-0.2, 0) is 9.53 Å². The molecule has 0 bridgehead atoms. The zero-order valence-corrected chi connectivity index (χ0v) is 8.93. The summed E-state index contributed by atoms with van der Waals surface area (Å²) in [6.07, 6.45) is 7.21. The van der Waals surface area contributed by atoms with Crippen molar-refractivity contribution in [1.29, 1.82) is 0 Å². The van der Waals surface area contributed by atoms with E-state index in [-0.39, 0.29) is 5.97 Å². The minimum Gasteiger partial charge on any atom is -0.432 e. The van der Waals surface area contributed by atoms with Gasteiger partial charge in [-0.1, -0.05) is 26.7 Å². The van der Waals surface area contributed by atoms with Gasteiger partial charge in [0.05, 0.1) is 0 Å². The zero-order chi connectivity index (χ0) is 10.1. The Balaban J connectivity index is 3.94. The van der Waals surface area contributed by atoms with E-state index in [1.54, 1.807) is 0 Å². The van der Waals surface area contributed by atoms with E-state index in [2.05, 4.69) is 13.8 Å². The Bertz CT molecular complexity index is 171. The third kappa shape index (κ3) is 7.57. The fourth-order valence-electron chi connectivity index (χ4n) is 1.04. The Morgan fingerprint density at radius 3 is 2.46 bits per heavy atom. The number of esters is 1. The third-order valence-electron chi connectivity index (χ3n) is 1.71. The molecule has 0 aromatic carbocycles. The summed E-state index contributed by atoms with van der Waals surface area (Å²) >= 11 is 0. The molecular formula is C11H20O2. The first-order valence-electron chi connectivity index (χ1n) is 5.08. The molecule has 0 aromatic heterocycles. The van der Waals surface area contributed by atoms with E-state index in [4.69, 9.17) is 4.74 Å². The van der Waals surface area contributed by atoms with Gasteiger partial charge in [0.1, 0.15) is 5.76 Å². The molecule has 0 N–H and O–H groups in total. The van der Waals surface area contributed by atoms with Gasteiger partial charge < -0.3 is 4.74 Å². The second kappa shape index (κ2) is 7.84. The number of unbranched alkanes of at least 4 members (excludes halogenated alkanes) is 2. The SMILES string of the molecule is CCC/C=C(/CCCC)OC(C)=O. The average Bonchev–Trinajstić information content (AvgIpc) is 2.09. The highest BCUT2D eigenvalue weighted by atomic mass is 16.5. The highest BCUT2D eigenvalue weighted by Crippen LogP contribution is 2.10. The topological polar surface area (TPSA) is 26.3 Å². The van der Waals surface area contributed by atoms with Gasteiger partial charge in [-0.05, 0) is 18.9 Å². The molecule has 0 aliphatic carbocycles. The van der Waals surface area contributed by atoms with Crippen LogP contribution >= 0.6 is 0 Å². The normalized spacial score (nSPS) is 11.5. The molecule has 0 heterocycles. The van der Waals surface area contributed by atoms with Gasteiger partial charge in [-0.15, -0.1) is 0 Å². The first-order chi connectivity index (χ1) is 6.20. The van der Waals surface area contributed by atoms with Crippen molar-refractivity contribution in [3.8, 4) is 0 Å². The summed E-state index contributed by atoms with van der Waals surface area (Å²) in [5, 5.41) is 0. The van der Waals surface area contributed by atoms with Crippen LogP contribution in [0.4, 0.5) is 0 Å². The number of carbonyl (C=O) groups excluding carboxylic acids is 1. The van der Waals surface area contributed by atoms with Crippen molar-refractivity contribution in [2.24, 2.45) is 0 Å². The van der Waals surface area contributed by atoms with E-state index >= 15 is 0 Å². The van der Waals surface area contributed by atoms with Crippen LogP contribution in [0, 0.1) is 0 Å². The van der Waals surface area contributed by atoms with Gasteiger partial charge in [-0.2, -0.15) is 0 Å². The Hall–Kier alpha value is -0.790. The summed E-state index contributed by atoms with van der Waals surface area (Å²) in [7, 11) is 0. The van der Waals surface area contributed by atoms with Crippen molar-refractivity contribution in [3.05, 3.63) is 11.8 Å². The Morgan fingerprint density at radius 1 is 1.31 bits per heavy atom. The lowest BCUT2D eigenvalue weighted by Gasteiger charge is -2.05. The first kappa shape index (κ1) is 12.2. The van der Waals surface area contributed by atoms with Crippen LogP contribution in [0.3, 0.4) is 0 Å². The van der Waals surface area contributed by atoms with Gasteiger partial charge in [0.15, 0.2) is 0 Å². The third-order valence-corrected chi connectivity index (χ3v) is 1.71. The van der Waals surface area contributed by atoms with Crippen molar-refractivity contribution in [1.82, 2.24) is 0 Å². The molecule has 0 saturated carbocycles. The lowest BCUT2D eigenvalue weighted by atomic mass is 10.2. The molecule has 0 unspecified atom stereocenters. The number of hydrogen-bond donors (Lipinski definition) is 0. The van der Waals surface area contributed by atoms with E-state index in [9.17, 15) is 4.79 Å². The maximum Gasteiger partial charge on any atom is 0.307 e. The predicted molar refractivity (Wildman–Crippen MR) is 54.3 cm³/mol. The minimum atomic E-state index is -0.210. The van der Waals surface area contributed by atoms with Gasteiger partial charge in [0.2, 0.25) is 0 Å². The zero-order valence-electron chi connectivity index (χ0n) is 8.93. The number of ether oxygens (including phenoxy) is 1. The van der Waals surface area contributed by atoms with E-state index in [1.165, 1.54) is 6.92 Å². The maximum atomic E-state index is 10.7. The van der Waals surface area contributed by atoms with Gasteiger partial charge in [-0.25, -0.2) is 0 Å². The highest BCUT2D eigenvalue weighted by molar-refractivity contribution is 5.67. The monoisotopic (exact) mass is 184 g/mol. The van der Waals surface area contributed by atoms with Crippen molar-refractivity contribution in [2.75, 3.05) is 0 Å². The molecule has 0 aromatic rings. The lowest BCUT2D eigenvalue weighted by molar-refractivity contribution is -0.137. The summed E-state index contributed by atoms with van der Waals surface area (Å²) in [5.41, 5.74) is 0. The molecule has 0 aliphatic heterocycles. The highest BCUT2D eigenvalue weighted by Gasteiger charge is 2.00. The molecule has 0 saturated heterocycles. The van der Waals surface area contributed by atoms with E-state index in [0.717, 1.165) is 37.9 Å². The smallest absolute Gasteiger partial charge is 0.307 e. The van der Waals surface area contributed by atoms with E-state index in [1.807, 2.05) is 6.08 Å². The molecule has 0 aliphatic rings. The summed E-state index contributed by atoms with van der Waals surface area (Å²) in [4.78, 5) is 10.7. The van der Waals surface area contributed by atoms with Crippen LogP contribution in [0.15, 0.2) is 11.8 Å². The Labute approximate surface area is 81.0 Å². The van der Waals surface area contributed by atoms with Crippen LogP contribution in [-0.4, -0.2) is 5.97 Å². The second-order valence-electron chi connectivity index (χ2n) is 3.16. The van der Waals surface area contributed by atoms with Crippen LogP contribution in [0.25, 0.3) is 0 Å². The molecule has 0 rings (SSSR count).